The normalized spacial score (nSPS) is 10.6. The lowest BCUT2D eigenvalue weighted by molar-refractivity contribution is 0.0527. The Morgan fingerprint density at radius 1 is 1.07 bits per heavy atom. The van der Waals surface area contributed by atoms with E-state index in [0.29, 0.717) is 19.6 Å². The Balaban J connectivity index is 2.21. The highest BCUT2D eigenvalue weighted by Gasteiger charge is 2.22. The van der Waals surface area contributed by atoms with Crippen molar-refractivity contribution in [1.82, 2.24) is 14.7 Å². The van der Waals surface area contributed by atoms with E-state index >= 15 is 0 Å². The standard InChI is InChI=1S/C22H32N4O3/c1-4-7-14-25(15-8-5-2)22(28)23-20-19(21(27)29-6-3)17-26(24-20)16-18-12-10-9-11-13-18/h9-13,17H,4-8,14-16H2,1-3H3,(H,23,24,28). The number of nitrogens with zero attached hydrogens (tertiary/aromatic N) is 3. The Kier molecular flexibility index (Phi) is 9.21. The molecule has 7 nitrogen and oxygen atoms in total. The molecule has 1 heterocycles. The van der Waals surface area contributed by atoms with Crippen LogP contribution in [0.4, 0.5) is 10.6 Å². The van der Waals surface area contributed by atoms with Gasteiger partial charge in [-0.1, -0.05) is 57.0 Å². The minimum atomic E-state index is -0.490. The largest absolute Gasteiger partial charge is 0.462 e. The van der Waals surface area contributed by atoms with Crippen molar-refractivity contribution in [2.24, 2.45) is 0 Å². The lowest BCUT2D eigenvalue weighted by Crippen LogP contribution is -2.37. The Bertz CT molecular complexity index is 766. The maximum atomic E-state index is 12.8. The average molecular weight is 401 g/mol. The minimum absolute atomic E-state index is 0.234. The number of esters is 1. The van der Waals surface area contributed by atoms with Gasteiger partial charge in [0, 0.05) is 19.3 Å². The zero-order valence-corrected chi connectivity index (χ0v) is 17.7. The maximum Gasteiger partial charge on any atom is 0.343 e. The lowest BCUT2D eigenvalue weighted by atomic mass is 10.2. The molecule has 0 saturated heterocycles. The molecule has 0 saturated carbocycles. The molecule has 0 spiro atoms. The molecule has 29 heavy (non-hydrogen) atoms. The van der Waals surface area contributed by atoms with Crippen LogP contribution in [0.15, 0.2) is 36.5 Å². The summed E-state index contributed by atoms with van der Waals surface area (Å²) in [7, 11) is 0. The van der Waals surface area contributed by atoms with E-state index in [9.17, 15) is 9.59 Å². The van der Waals surface area contributed by atoms with Crippen molar-refractivity contribution in [1.29, 1.82) is 0 Å². The van der Waals surface area contributed by atoms with Gasteiger partial charge in [-0.2, -0.15) is 5.10 Å². The molecule has 2 aromatic rings. The third kappa shape index (κ3) is 6.93. The van der Waals surface area contributed by atoms with E-state index < -0.39 is 5.97 Å². The van der Waals surface area contributed by atoms with E-state index in [4.69, 9.17) is 4.74 Å². The number of unbranched alkanes of at least 4 members (excludes halogenated alkanes) is 2. The monoisotopic (exact) mass is 400 g/mol. The van der Waals surface area contributed by atoms with Crippen molar-refractivity contribution < 1.29 is 14.3 Å². The van der Waals surface area contributed by atoms with Gasteiger partial charge in [-0.15, -0.1) is 0 Å². The molecule has 1 N–H and O–H groups in total. The fourth-order valence-electron chi connectivity index (χ4n) is 2.92. The summed E-state index contributed by atoms with van der Waals surface area (Å²) in [6, 6.07) is 9.59. The average Bonchev–Trinajstić information content (AvgIpc) is 3.11. The van der Waals surface area contributed by atoms with E-state index in [-0.39, 0.29) is 24.0 Å². The third-order valence-corrected chi connectivity index (χ3v) is 4.52. The highest BCUT2D eigenvalue weighted by atomic mass is 16.5. The van der Waals surface area contributed by atoms with Crippen molar-refractivity contribution in [3.05, 3.63) is 47.7 Å². The van der Waals surface area contributed by atoms with Crippen molar-refractivity contribution in [3.63, 3.8) is 0 Å². The van der Waals surface area contributed by atoms with Crippen molar-refractivity contribution in [3.8, 4) is 0 Å². The summed E-state index contributed by atoms with van der Waals surface area (Å²) in [5.74, 6) is -0.252. The summed E-state index contributed by atoms with van der Waals surface area (Å²) < 4.78 is 6.80. The second kappa shape index (κ2) is 11.9. The summed E-state index contributed by atoms with van der Waals surface area (Å²) in [4.78, 5) is 27.0. The summed E-state index contributed by atoms with van der Waals surface area (Å²) >= 11 is 0. The second-order valence-corrected chi connectivity index (χ2v) is 6.92. The van der Waals surface area contributed by atoms with Crippen LogP contribution in [-0.4, -0.2) is 46.4 Å². The molecule has 0 aliphatic carbocycles. The van der Waals surface area contributed by atoms with E-state index in [2.05, 4.69) is 24.3 Å². The molecule has 2 rings (SSSR count). The first-order valence-corrected chi connectivity index (χ1v) is 10.4. The number of anilines is 1. The van der Waals surface area contributed by atoms with Crippen LogP contribution in [0, 0.1) is 0 Å². The number of nitrogens with one attached hydrogen (secondary N) is 1. The summed E-state index contributed by atoms with van der Waals surface area (Å²) in [6.07, 6.45) is 5.52. The highest BCUT2D eigenvalue weighted by Crippen LogP contribution is 2.17. The van der Waals surface area contributed by atoms with Gasteiger partial charge in [0.1, 0.15) is 5.56 Å². The van der Waals surface area contributed by atoms with E-state index in [0.717, 1.165) is 31.2 Å². The quantitative estimate of drug-likeness (QED) is 0.562. The van der Waals surface area contributed by atoms with Crippen LogP contribution in [-0.2, 0) is 11.3 Å². The molecule has 7 heteroatoms. The number of urea groups is 1. The van der Waals surface area contributed by atoms with E-state index in [1.54, 1.807) is 22.7 Å². The molecule has 158 valence electrons. The molecule has 0 atom stereocenters. The number of hydrogen-bond donors (Lipinski definition) is 1. The van der Waals surface area contributed by atoms with Crippen LogP contribution in [0.1, 0.15) is 62.4 Å². The number of carbonyl (C=O) groups excluding carboxylic acids is 2. The van der Waals surface area contributed by atoms with Gasteiger partial charge in [-0.3, -0.25) is 10.00 Å². The number of hydrogen-bond acceptors (Lipinski definition) is 4. The predicted molar refractivity (Wildman–Crippen MR) is 114 cm³/mol. The number of ether oxygens (including phenoxy) is 1. The predicted octanol–water partition coefficient (Wildman–Crippen LogP) is 4.54. The molecule has 0 bridgehead atoms. The molecule has 1 aromatic carbocycles. The van der Waals surface area contributed by atoms with Crippen LogP contribution in [0.5, 0.6) is 0 Å². The Hall–Kier alpha value is -2.83. The first-order valence-electron chi connectivity index (χ1n) is 10.4. The maximum absolute atomic E-state index is 12.8. The Morgan fingerprint density at radius 3 is 2.31 bits per heavy atom. The number of aromatic nitrogens is 2. The topological polar surface area (TPSA) is 76.5 Å². The molecule has 1 aromatic heterocycles. The van der Waals surface area contributed by atoms with Gasteiger partial charge >= 0.3 is 12.0 Å². The zero-order valence-electron chi connectivity index (χ0n) is 17.7. The lowest BCUT2D eigenvalue weighted by Gasteiger charge is -2.22. The number of benzene rings is 1. The van der Waals surface area contributed by atoms with Crippen LogP contribution in [0.25, 0.3) is 0 Å². The molecular weight excluding hydrogens is 368 g/mol. The van der Waals surface area contributed by atoms with Crippen molar-refractivity contribution in [2.45, 2.75) is 53.0 Å². The van der Waals surface area contributed by atoms with Gasteiger partial charge in [-0.05, 0) is 25.3 Å². The van der Waals surface area contributed by atoms with Crippen LogP contribution < -0.4 is 5.32 Å². The van der Waals surface area contributed by atoms with Gasteiger partial charge < -0.3 is 9.64 Å². The van der Waals surface area contributed by atoms with Gasteiger partial charge in [0.05, 0.1) is 13.2 Å². The Morgan fingerprint density at radius 2 is 1.72 bits per heavy atom. The van der Waals surface area contributed by atoms with Gasteiger partial charge in [0.15, 0.2) is 5.82 Å². The molecule has 0 unspecified atom stereocenters. The van der Waals surface area contributed by atoms with Gasteiger partial charge in [0.25, 0.3) is 0 Å². The van der Waals surface area contributed by atoms with Crippen LogP contribution in [0.3, 0.4) is 0 Å². The Labute approximate surface area is 173 Å². The van der Waals surface area contributed by atoms with Crippen LogP contribution in [0.2, 0.25) is 0 Å². The zero-order chi connectivity index (χ0) is 21.1. The first kappa shape index (κ1) is 22.5. The summed E-state index contributed by atoms with van der Waals surface area (Å²) in [5.41, 5.74) is 1.32. The molecule has 0 aliphatic rings. The third-order valence-electron chi connectivity index (χ3n) is 4.52. The van der Waals surface area contributed by atoms with E-state index in [1.807, 2.05) is 30.3 Å². The highest BCUT2D eigenvalue weighted by molar-refractivity contribution is 5.99. The van der Waals surface area contributed by atoms with Crippen molar-refractivity contribution >= 4 is 17.8 Å². The van der Waals surface area contributed by atoms with E-state index in [1.165, 1.54) is 0 Å². The molecule has 0 aliphatic heterocycles. The number of rotatable bonds is 11. The van der Waals surface area contributed by atoms with Crippen LogP contribution >= 0.6 is 0 Å². The fourth-order valence-corrected chi connectivity index (χ4v) is 2.92. The SMILES string of the molecule is CCCCN(CCCC)C(=O)Nc1nn(Cc2ccccc2)cc1C(=O)OCC. The minimum Gasteiger partial charge on any atom is -0.462 e. The molecule has 0 fully saturated rings. The molecular formula is C22H32N4O3. The summed E-state index contributed by atoms with van der Waals surface area (Å²) in [6.45, 7) is 8.07. The number of carbonyl (C=O) groups is 2. The van der Waals surface area contributed by atoms with Gasteiger partial charge in [0.2, 0.25) is 0 Å². The number of amides is 2. The second-order valence-electron chi connectivity index (χ2n) is 6.92. The fraction of sp³-hybridized carbons (Fsp3) is 0.500. The molecule has 2 amide bonds. The first-order chi connectivity index (χ1) is 14.1. The molecule has 0 radical (unpaired) electrons. The van der Waals surface area contributed by atoms with Gasteiger partial charge in [-0.25, -0.2) is 9.59 Å². The summed E-state index contributed by atoms with van der Waals surface area (Å²) in [5, 5.41) is 7.28. The smallest absolute Gasteiger partial charge is 0.343 e. The van der Waals surface area contributed by atoms with Crippen molar-refractivity contribution in [2.75, 3.05) is 25.0 Å².